The van der Waals surface area contributed by atoms with Crippen LogP contribution in [-0.4, -0.2) is 14.2 Å². The maximum absolute atomic E-state index is 5.26. The van der Waals surface area contributed by atoms with Gasteiger partial charge >= 0.3 is 21.7 Å². The summed E-state index contributed by atoms with van der Waals surface area (Å²) in [6.45, 7) is 0. The van der Waals surface area contributed by atoms with Gasteiger partial charge in [0, 0.05) is 0 Å². The Bertz CT molecular complexity index is 843. The molecule has 0 saturated carbocycles. The summed E-state index contributed by atoms with van der Waals surface area (Å²) in [6.07, 6.45) is 0. The van der Waals surface area contributed by atoms with Gasteiger partial charge in [-0.1, -0.05) is 17.5 Å². The van der Waals surface area contributed by atoms with Crippen LogP contribution in [0.5, 0.6) is 11.5 Å². The Kier molecular flexibility index (Phi) is 6.03. The summed E-state index contributed by atoms with van der Waals surface area (Å²) in [7, 11) is 3.31. The normalized spacial score (nSPS) is 9.83. The van der Waals surface area contributed by atoms with Crippen LogP contribution in [0.4, 0.5) is 0 Å². The minimum Gasteiger partial charge on any atom is -0.544 e. The van der Waals surface area contributed by atoms with E-state index in [1.807, 2.05) is 30.3 Å². The Labute approximate surface area is 151 Å². The maximum Gasteiger partial charge on any atom is 2.00 e. The number of hydrogen-bond donors (Lipinski definition) is 0. The Morgan fingerprint density at radius 1 is 0.783 bits per heavy atom. The molecule has 0 spiro atoms. The number of rotatable bonds is 2. The van der Waals surface area contributed by atoms with Crippen molar-refractivity contribution in [3.63, 3.8) is 0 Å². The van der Waals surface area contributed by atoms with E-state index in [9.17, 15) is 0 Å². The number of methoxy groups -OCH3 is 2. The largest absolute Gasteiger partial charge is 2.00 e. The quantitative estimate of drug-likeness (QED) is 0.372. The first-order valence-corrected chi connectivity index (χ1v) is 7.20. The van der Waals surface area contributed by atoms with E-state index < -0.39 is 0 Å². The van der Waals surface area contributed by atoms with E-state index in [0.29, 0.717) is 0 Å². The van der Waals surface area contributed by atoms with Gasteiger partial charge in [0.2, 0.25) is 0 Å². The molecule has 4 aromatic carbocycles. The molecule has 0 bridgehead atoms. The number of ether oxygens (including phenoxy) is 2. The van der Waals surface area contributed by atoms with E-state index in [0.717, 1.165) is 22.3 Å². The van der Waals surface area contributed by atoms with Crippen molar-refractivity contribution >= 4 is 21.5 Å². The predicted octanol–water partition coefficient (Wildman–Crippen LogP) is 5.13. The summed E-state index contributed by atoms with van der Waals surface area (Å²) >= 11 is 0. The molecule has 4 rings (SSSR count). The monoisotopic (exact) mass is 338 g/mol. The molecule has 0 N–H and O–H groups in total. The molecule has 23 heavy (non-hydrogen) atoms. The summed E-state index contributed by atoms with van der Waals surface area (Å²) in [4.78, 5) is 0. The van der Waals surface area contributed by atoms with Crippen molar-refractivity contribution in [1.29, 1.82) is 0 Å². The van der Waals surface area contributed by atoms with Gasteiger partial charge in [0.25, 0.3) is 0 Å². The molecule has 0 aromatic heterocycles. The van der Waals surface area contributed by atoms with E-state index >= 15 is 0 Å². The van der Waals surface area contributed by atoms with Gasteiger partial charge in [0.05, 0.1) is 25.7 Å². The standard InChI is InChI=1S/C11H11O2.C9H7.Ti/c1-12-10-7-8-5-3-4-6-9(8)11(10)13-2;1-2-5-9-7-3-6-8(9)4-1;/h3-7H,1-2H3;1-7H;/q2*-1;+2. The minimum atomic E-state index is 0. The summed E-state index contributed by atoms with van der Waals surface area (Å²) in [5, 5.41) is 4.91. The molecule has 0 heterocycles. The van der Waals surface area contributed by atoms with Crippen LogP contribution >= 0.6 is 0 Å². The SMILES string of the molecule is COc1[cH-]c2ccccc2c1OC.[Ti+2].c1ccc2[cH-]ccc2c1. The van der Waals surface area contributed by atoms with Gasteiger partial charge < -0.3 is 9.47 Å². The molecule has 0 aliphatic rings. The van der Waals surface area contributed by atoms with Crippen LogP contribution in [0, 0.1) is 0 Å². The van der Waals surface area contributed by atoms with E-state index in [-0.39, 0.29) is 21.7 Å². The van der Waals surface area contributed by atoms with Gasteiger partial charge in [0.1, 0.15) is 0 Å². The molecule has 0 unspecified atom stereocenters. The first-order chi connectivity index (χ1) is 10.8. The Morgan fingerprint density at radius 3 is 2.17 bits per heavy atom. The zero-order valence-electron chi connectivity index (χ0n) is 13.2. The van der Waals surface area contributed by atoms with Crippen molar-refractivity contribution in [2.24, 2.45) is 0 Å². The molecule has 0 aliphatic carbocycles. The first kappa shape index (κ1) is 17.3. The average Bonchev–Trinajstić information content (AvgIpc) is 3.18. The first-order valence-electron chi connectivity index (χ1n) is 7.20. The fraction of sp³-hybridized carbons (Fsp3) is 0.100. The molecule has 4 aromatic rings. The maximum atomic E-state index is 5.26. The molecule has 0 aliphatic heterocycles. The minimum absolute atomic E-state index is 0. The second-order valence-electron chi connectivity index (χ2n) is 4.99. The third-order valence-corrected chi connectivity index (χ3v) is 3.69. The van der Waals surface area contributed by atoms with Crippen LogP contribution in [0.25, 0.3) is 21.5 Å². The van der Waals surface area contributed by atoms with Gasteiger partial charge in [-0.05, 0) is 0 Å². The third kappa shape index (κ3) is 3.66. The third-order valence-electron chi connectivity index (χ3n) is 3.69. The van der Waals surface area contributed by atoms with Crippen molar-refractivity contribution < 1.29 is 31.2 Å². The van der Waals surface area contributed by atoms with E-state index in [4.69, 9.17) is 9.47 Å². The van der Waals surface area contributed by atoms with Crippen molar-refractivity contribution in [1.82, 2.24) is 0 Å². The molecule has 0 saturated heterocycles. The molecule has 0 radical (unpaired) electrons. The molecule has 0 fully saturated rings. The van der Waals surface area contributed by atoms with Crippen LogP contribution in [-0.2, 0) is 21.7 Å². The topological polar surface area (TPSA) is 18.5 Å². The second kappa shape index (κ2) is 8.00. The van der Waals surface area contributed by atoms with E-state index in [2.05, 4.69) is 42.5 Å². The Hall–Kier alpha value is -2.03. The molecule has 2 nitrogen and oxygen atoms in total. The second-order valence-corrected chi connectivity index (χ2v) is 4.99. The fourth-order valence-corrected chi connectivity index (χ4v) is 2.60. The molecule has 0 atom stereocenters. The van der Waals surface area contributed by atoms with Crippen LogP contribution in [0.2, 0.25) is 0 Å². The van der Waals surface area contributed by atoms with Crippen molar-refractivity contribution in [3.8, 4) is 11.5 Å². The number of fused-ring (bicyclic) bond motifs is 2. The van der Waals surface area contributed by atoms with Gasteiger partial charge in [-0.15, -0.1) is 59.3 Å². The van der Waals surface area contributed by atoms with Crippen LogP contribution < -0.4 is 9.47 Å². The summed E-state index contributed by atoms with van der Waals surface area (Å²) in [5.74, 6) is 1.61. The predicted molar refractivity (Wildman–Crippen MR) is 92.2 cm³/mol. The molecule has 0 amide bonds. The zero-order chi connectivity index (χ0) is 15.4. The summed E-state index contributed by atoms with van der Waals surface area (Å²) in [5.41, 5.74) is 0. The Balaban J connectivity index is 0.000000169. The Morgan fingerprint density at radius 2 is 1.48 bits per heavy atom. The van der Waals surface area contributed by atoms with Crippen molar-refractivity contribution in [2.45, 2.75) is 0 Å². The van der Waals surface area contributed by atoms with Crippen LogP contribution in [0.1, 0.15) is 0 Å². The molecular formula is C20H18O2Ti. The number of benzene rings is 2. The summed E-state index contributed by atoms with van der Waals surface area (Å²) in [6, 6.07) is 24.7. The average molecular weight is 338 g/mol. The van der Waals surface area contributed by atoms with Crippen molar-refractivity contribution in [2.75, 3.05) is 14.2 Å². The van der Waals surface area contributed by atoms with Gasteiger partial charge in [0.15, 0.2) is 0 Å². The number of hydrogen-bond acceptors (Lipinski definition) is 2. The fourth-order valence-electron chi connectivity index (χ4n) is 2.60. The van der Waals surface area contributed by atoms with Gasteiger partial charge in [-0.25, -0.2) is 0 Å². The van der Waals surface area contributed by atoms with E-state index in [1.165, 1.54) is 10.8 Å². The molecule has 114 valence electrons. The van der Waals surface area contributed by atoms with Crippen LogP contribution in [0.15, 0.2) is 72.8 Å². The van der Waals surface area contributed by atoms with Gasteiger partial charge in [-0.3, -0.25) is 0 Å². The van der Waals surface area contributed by atoms with Gasteiger partial charge in [-0.2, -0.15) is 17.5 Å². The van der Waals surface area contributed by atoms with Crippen molar-refractivity contribution in [3.05, 3.63) is 72.8 Å². The molecule has 3 heteroatoms. The van der Waals surface area contributed by atoms with Crippen LogP contribution in [0.3, 0.4) is 0 Å². The zero-order valence-corrected chi connectivity index (χ0v) is 14.8. The van der Waals surface area contributed by atoms with E-state index in [1.54, 1.807) is 14.2 Å². The molecular weight excluding hydrogens is 320 g/mol. The summed E-state index contributed by atoms with van der Waals surface area (Å²) < 4.78 is 10.5. The smallest absolute Gasteiger partial charge is 0.544 e.